The molecule has 2 aromatic carbocycles. The number of sulfonamides is 1. The number of hydrogen-bond acceptors (Lipinski definition) is 3. The molecule has 0 unspecified atom stereocenters. The molecule has 4 aliphatic rings. The van der Waals surface area contributed by atoms with Crippen LogP contribution < -0.4 is 0 Å². The van der Waals surface area contributed by atoms with Gasteiger partial charge in [0.25, 0.3) is 0 Å². The van der Waals surface area contributed by atoms with Crippen LogP contribution in [0.2, 0.25) is 0 Å². The molecule has 1 amide bonds. The zero-order chi connectivity index (χ0) is 23.7. The summed E-state index contributed by atoms with van der Waals surface area (Å²) in [6.45, 7) is 4.99. The van der Waals surface area contributed by atoms with E-state index in [1.54, 1.807) is 4.31 Å². The van der Waals surface area contributed by atoms with Crippen molar-refractivity contribution in [3.63, 3.8) is 0 Å². The van der Waals surface area contributed by atoms with Crippen molar-refractivity contribution in [1.82, 2.24) is 9.21 Å². The molecule has 2 heterocycles. The molecule has 2 bridgehead atoms. The summed E-state index contributed by atoms with van der Waals surface area (Å²) in [5.41, 5.74) is 1.85. The van der Waals surface area contributed by atoms with Crippen LogP contribution in [0.3, 0.4) is 0 Å². The van der Waals surface area contributed by atoms with E-state index >= 15 is 0 Å². The van der Waals surface area contributed by atoms with E-state index in [9.17, 15) is 13.2 Å². The Bertz CT molecular complexity index is 1240. The van der Waals surface area contributed by atoms with E-state index in [1.807, 2.05) is 77.7 Å². The van der Waals surface area contributed by atoms with Crippen LogP contribution in [0.15, 0.2) is 66.7 Å². The summed E-state index contributed by atoms with van der Waals surface area (Å²) >= 11 is 0. The first kappa shape index (κ1) is 22.1. The highest BCUT2D eigenvalue weighted by molar-refractivity contribution is 7.89. The van der Waals surface area contributed by atoms with E-state index in [-0.39, 0.29) is 34.6 Å². The molecular formula is C28H32N2O3S. The fourth-order valence-electron chi connectivity index (χ4n) is 7.44. The van der Waals surface area contributed by atoms with E-state index in [2.05, 4.69) is 13.8 Å². The van der Waals surface area contributed by atoms with Crippen LogP contribution in [0.1, 0.15) is 44.2 Å². The topological polar surface area (TPSA) is 57.7 Å². The molecule has 5 atom stereocenters. The molecule has 2 aliphatic carbocycles. The van der Waals surface area contributed by atoms with Gasteiger partial charge in [-0.3, -0.25) is 4.79 Å². The minimum atomic E-state index is -3.51. The third-order valence-corrected chi connectivity index (χ3v) is 11.4. The average molecular weight is 477 g/mol. The Hall–Kier alpha value is -2.44. The second-order valence-corrected chi connectivity index (χ2v) is 13.0. The van der Waals surface area contributed by atoms with Gasteiger partial charge in [0.15, 0.2) is 0 Å². The summed E-state index contributed by atoms with van der Waals surface area (Å²) in [6, 6.07) is 18.9. The van der Waals surface area contributed by atoms with E-state index in [0.29, 0.717) is 12.5 Å². The maximum Gasteiger partial charge on any atom is 0.244 e. The first-order valence-electron chi connectivity index (χ1n) is 12.3. The molecule has 6 rings (SSSR count). The smallest absolute Gasteiger partial charge is 0.244 e. The van der Waals surface area contributed by atoms with Crippen molar-refractivity contribution >= 4 is 22.0 Å². The fraction of sp³-hybridized carbons (Fsp3) is 0.464. The monoisotopic (exact) mass is 476 g/mol. The van der Waals surface area contributed by atoms with Gasteiger partial charge in [-0.15, -0.1) is 0 Å². The fourth-order valence-corrected chi connectivity index (χ4v) is 10.2. The van der Waals surface area contributed by atoms with Crippen molar-refractivity contribution in [2.24, 2.45) is 16.7 Å². The lowest BCUT2D eigenvalue weighted by atomic mass is 9.68. The molecule has 0 aromatic heterocycles. The van der Waals surface area contributed by atoms with E-state index in [4.69, 9.17) is 0 Å². The van der Waals surface area contributed by atoms with Crippen LogP contribution >= 0.6 is 0 Å². The Balaban J connectivity index is 1.36. The first-order valence-corrected chi connectivity index (χ1v) is 13.9. The van der Waals surface area contributed by atoms with Gasteiger partial charge in [-0.05, 0) is 41.7 Å². The Morgan fingerprint density at radius 1 is 1.03 bits per heavy atom. The van der Waals surface area contributed by atoms with Gasteiger partial charge >= 0.3 is 0 Å². The molecule has 34 heavy (non-hydrogen) atoms. The Morgan fingerprint density at radius 2 is 1.71 bits per heavy atom. The summed E-state index contributed by atoms with van der Waals surface area (Å²) in [4.78, 5) is 15.4. The molecule has 0 N–H and O–H groups in total. The van der Waals surface area contributed by atoms with Gasteiger partial charge in [0.2, 0.25) is 15.9 Å². The first-order chi connectivity index (χ1) is 16.2. The van der Waals surface area contributed by atoms with Crippen molar-refractivity contribution in [2.75, 3.05) is 5.75 Å². The molecule has 5 nitrogen and oxygen atoms in total. The average Bonchev–Trinajstić information content (AvgIpc) is 3.30. The second-order valence-electron chi connectivity index (χ2n) is 11.1. The number of rotatable bonds is 5. The Morgan fingerprint density at radius 3 is 2.38 bits per heavy atom. The number of amides is 1. The predicted octanol–water partition coefficient (Wildman–Crippen LogP) is 4.32. The lowest BCUT2D eigenvalue weighted by molar-refractivity contribution is -0.155. The van der Waals surface area contributed by atoms with Crippen molar-refractivity contribution in [3.8, 4) is 0 Å². The molecule has 4 fully saturated rings. The van der Waals surface area contributed by atoms with Crippen LogP contribution in [0, 0.1) is 16.7 Å². The normalized spacial score (nSPS) is 35.6. The van der Waals surface area contributed by atoms with Crippen molar-refractivity contribution in [1.29, 1.82) is 0 Å². The number of carbonyl (C=O) groups is 1. The standard InChI is InChI=1S/C28H32N2O3S/c1-27(2)22-15-16-28(27)19-34(32,33)30(24(28)17-22)25-23(14-13-20-9-5-3-6-10-20)29(26(25)31)18-21-11-7-4-8-12-21/h3-14,22-25H,15-19H2,1-2H3/b14-13+/t22-,23+,24-,25-,28-/m1/s1. The number of hydrogen-bond donors (Lipinski definition) is 0. The number of fused-ring (bicyclic) bond motifs is 1. The van der Waals surface area contributed by atoms with Gasteiger partial charge in [0, 0.05) is 18.0 Å². The second kappa shape index (κ2) is 7.53. The van der Waals surface area contributed by atoms with Crippen molar-refractivity contribution < 1.29 is 13.2 Å². The van der Waals surface area contributed by atoms with Crippen LogP contribution in [-0.4, -0.2) is 47.4 Å². The maximum atomic E-state index is 13.6. The minimum absolute atomic E-state index is 0.00855. The van der Waals surface area contributed by atoms with E-state index in [0.717, 1.165) is 30.4 Å². The van der Waals surface area contributed by atoms with E-state index in [1.165, 1.54) is 0 Å². The van der Waals surface area contributed by atoms with Crippen LogP contribution in [0.5, 0.6) is 0 Å². The van der Waals surface area contributed by atoms with Crippen molar-refractivity contribution in [2.45, 2.75) is 57.8 Å². The zero-order valence-corrected chi connectivity index (χ0v) is 20.6. The Kier molecular flexibility index (Phi) is 4.88. The lowest BCUT2D eigenvalue weighted by Gasteiger charge is -2.51. The predicted molar refractivity (Wildman–Crippen MR) is 133 cm³/mol. The molecular weight excluding hydrogens is 444 g/mol. The third kappa shape index (κ3) is 3.01. The van der Waals surface area contributed by atoms with E-state index < -0.39 is 16.1 Å². The van der Waals surface area contributed by atoms with Gasteiger partial charge in [0.05, 0.1) is 11.8 Å². The number of benzene rings is 2. The number of likely N-dealkylation sites (tertiary alicyclic amines) is 1. The van der Waals surface area contributed by atoms with Gasteiger partial charge in [-0.1, -0.05) is 86.7 Å². The largest absolute Gasteiger partial charge is 0.328 e. The minimum Gasteiger partial charge on any atom is -0.328 e. The molecule has 2 aliphatic heterocycles. The van der Waals surface area contributed by atoms with Gasteiger partial charge in [0.1, 0.15) is 6.04 Å². The molecule has 2 aromatic rings. The SMILES string of the molecule is CC1(C)[C@@H]2CC[C@]13CS(=O)(=O)N([C@H]1C(=O)N(Cc4ccccc4)[C@H]1/C=C/c1ccccc1)[C@@H]3C2. The van der Waals surface area contributed by atoms with Crippen LogP contribution in [0.4, 0.5) is 0 Å². The lowest BCUT2D eigenvalue weighted by Crippen LogP contribution is -2.71. The summed E-state index contributed by atoms with van der Waals surface area (Å²) in [7, 11) is -3.51. The third-order valence-electron chi connectivity index (χ3n) is 9.43. The molecule has 0 radical (unpaired) electrons. The molecule has 1 spiro atoms. The van der Waals surface area contributed by atoms with Gasteiger partial charge in [-0.2, -0.15) is 4.31 Å². The highest BCUT2D eigenvalue weighted by Gasteiger charge is 2.74. The number of β-lactam (4-membered cyclic amide) rings is 1. The van der Waals surface area contributed by atoms with Gasteiger partial charge < -0.3 is 4.90 Å². The highest BCUT2D eigenvalue weighted by Crippen LogP contribution is 2.70. The molecule has 178 valence electrons. The quantitative estimate of drug-likeness (QED) is 0.604. The van der Waals surface area contributed by atoms with Crippen LogP contribution in [-0.2, 0) is 21.4 Å². The molecule has 6 heteroatoms. The number of nitrogens with zero attached hydrogens (tertiary/aromatic N) is 2. The van der Waals surface area contributed by atoms with Gasteiger partial charge in [-0.25, -0.2) is 8.42 Å². The zero-order valence-electron chi connectivity index (χ0n) is 19.8. The highest BCUT2D eigenvalue weighted by atomic mass is 32.2. The summed E-state index contributed by atoms with van der Waals surface area (Å²) in [5.74, 6) is 0.642. The molecule has 2 saturated carbocycles. The molecule has 2 saturated heterocycles. The van der Waals surface area contributed by atoms with Crippen molar-refractivity contribution in [3.05, 3.63) is 77.9 Å². The summed E-state index contributed by atoms with van der Waals surface area (Å²) < 4.78 is 28.9. The summed E-state index contributed by atoms with van der Waals surface area (Å²) in [6.07, 6.45) is 6.98. The maximum absolute atomic E-state index is 13.6. The number of carbonyl (C=O) groups excluding carboxylic acids is 1. The summed E-state index contributed by atoms with van der Waals surface area (Å²) in [5, 5.41) is 0. The van der Waals surface area contributed by atoms with Crippen LogP contribution in [0.25, 0.3) is 6.08 Å². The Labute approximate surface area is 202 Å².